The molecule has 3 heteroatoms. The summed E-state index contributed by atoms with van der Waals surface area (Å²) in [5.74, 6) is 0. The van der Waals surface area contributed by atoms with E-state index >= 15 is 0 Å². The van der Waals surface area contributed by atoms with E-state index in [4.69, 9.17) is 4.42 Å². The number of para-hydroxylation sites is 4. The summed E-state index contributed by atoms with van der Waals surface area (Å²) in [5, 5.41) is 7.15. The van der Waals surface area contributed by atoms with E-state index in [1.807, 2.05) is 6.07 Å². The molecule has 9 aromatic carbocycles. The average Bonchev–Trinajstić information content (AvgIpc) is 3.81. The van der Waals surface area contributed by atoms with Gasteiger partial charge in [0.15, 0.2) is 5.58 Å². The normalized spacial score (nSPS) is 11.6. The molecule has 2 heterocycles. The molecule has 11 aromatic rings. The summed E-state index contributed by atoms with van der Waals surface area (Å²) < 4.78 is 9.04. The van der Waals surface area contributed by atoms with E-state index in [1.165, 1.54) is 55.0 Å². The van der Waals surface area contributed by atoms with Gasteiger partial charge < -0.3 is 13.9 Å². The molecule has 0 atom stereocenters. The van der Waals surface area contributed by atoms with Gasteiger partial charge in [-0.2, -0.15) is 0 Å². The maximum absolute atomic E-state index is 6.68. The molecular weight excluding hydrogens is 669 g/mol. The Morgan fingerprint density at radius 2 is 0.927 bits per heavy atom. The molecule has 0 fully saturated rings. The Labute approximate surface area is 318 Å². The summed E-state index contributed by atoms with van der Waals surface area (Å²) in [6.45, 7) is 0. The highest BCUT2D eigenvalue weighted by Gasteiger charge is 2.22. The first kappa shape index (κ1) is 31.2. The van der Waals surface area contributed by atoms with E-state index in [9.17, 15) is 0 Å². The van der Waals surface area contributed by atoms with Gasteiger partial charge in [0.05, 0.1) is 16.7 Å². The molecular formula is C52H34N2O. The van der Waals surface area contributed by atoms with Gasteiger partial charge in [0.2, 0.25) is 0 Å². The largest absolute Gasteiger partial charge is 0.454 e. The topological polar surface area (TPSA) is 21.3 Å². The molecule has 0 spiro atoms. The van der Waals surface area contributed by atoms with Crippen LogP contribution in [-0.2, 0) is 0 Å². The van der Waals surface area contributed by atoms with Gasteiger partial charge in [-0.15, -0.1) is 0 Å². The first-order valence-electron chi connectivity index (χ1n) is 18.8. The molecule has 0 saturated carbocycles. The molecule has 0 N–H and O–H groups in total. The Balaban J connectivity index is 0.969. The van der Waals surface area contributed by atoms with Gasteiger partial charge in [-0.3, -0.25) is 0 Å². The fourth-order valence-electron chi connectivity index (χ4n) is 8.39. The second kappa shape index (κ2) is 12.6. The lowest BCUT2D eigenvalue weighted by Crippen LogP contribution is -2.10. The molecule has 0 unspecified atom stereocenters. The van der Waals surface area contributed by atoms with Crippen molar-refractivity contribution < 1.29 is 4.42 Å². The van der Waals surface area contributed by atoms with Gasteiger partial charge in [-0.25, -0.2) is 0 Å². The lowest BCUT2D eigenvalue weighted by Gasteiger charge is -2.26. The van der Waals surface area contributed by atoms with Crippen LogP contribution in [0.5, 0.6) is 0 Å². The van der Waals surface area contributed by atoms with Crippen molar-refractivity contribution in [2.45, 2.75) is 0 Å². The van der Waals surface area contributed by atoms with Crippen LogP contribution >= 0.6 is 0 Å². The Hall–Kier alpha value is -7.36. The average molecular weight is 703 g/mol. The molecule has 0 aliphatic carbocycles. The molecule has 0 bridgehead atoms. The third kappa shape index (κ3) is 5.13. The highest BCUT2D eigenvalue weighted by Crippen LogP contribution is 2.45. The van der Waals surface area contributed by atoms with Gasteiger partial charge >= 0.3 is 0 Å². The van der Waals surface area contributed by atoms with Crippen LogP contribution in [0.15, 0.2) is 211 Å². The summed E-state index contributed by atoms with van der Waals surface area (Å²) in [6.07, 6.45) is 0. The second-order valence-electron chi connectivity index (χ2n) is 14.1. The molecule has 258 valence electrons. The number of hydrogen-bond donors (Lipinski definition) is 0. The summed E-state index contributed by atoms with van der Waals surface area (Å²) in [5.41, 5.74) is 13.2. The number of aromatic nitrogens is 1. The van der Waals surface area contributed by atoms with Crippen LogP contribution in [0, 0.1) is 0 Å². The number of nitrogens with zero attached hydrogens (tertiary/aromatic N) is 2. The van der Waals surface area contributed by atoms with Gasteiger partial charge in [-0.1, -0.05) is 140 Å². The Morgan fingerprint density at radius 3 is 1.69 bits per heavy atom. The minimum Gasteiger partial charge on any atom is -0.454 e. The number of anilines is 3. The maximum Gasteiger partial charge on any atom is 0.160 e. The van der Waals surface area contributed by atoms with Crippen LogP contribution in [0.2, 0.25) is 0 Å². The molecule has 55 heavy (non-hydrogen) atoms. The predicted octanol–water partition coefficient (Wildman–Crippen LogP) is 14.6. The lowest BCUT2D eigenvalue weighted by atomic mass is 9.98. The van der Waals surface area contributed by atoms with E-state index in [-0.39, 0.29) is 0 Å². The van der Waals surface area contributed by atoms with Gasteiger partial charge in [0.1, 0.15) is 5.58 Å². The van der Waals surface area contributed by atoms with Crippen molar-refractivity contribution in [2.24, 2.45) is 0 Å². The molecule has 0 aliphatic heterocycles. The Bertz CT molecular complexity index is 3180. The van der Waals surface area contributed by atoms with Gasteiger partial charge in [-0.05, 0) is 99.8 Å². The first-order chi connectivity index (χ1) is 27.3. The fourth-order valence-corrected chi connectivity index (χ4v) is 8.39. The SMILES string of the molecule is c1ccc(N(c2ccc(-c3ccc(-c4ccc5c(c4)c4ccccc4n5-c4ccccc4)cc3)cc2)c2cc3ccccc3c3c2oc2ccccc23)cc1. The third-order valence-corrected chi connectivity index (χ3v) is 11.0. The van der Waals surface area contributed by atoms with Crippen LogP contribution in [-0.4, -0.2) is 4.57 Å². The van der Waals surface area contributed by atoms with E-state index in [0.717, 1.165) is 44.6 Å². The third-order valence-electron chi connectivity index (χ3n) is 11.0. The molecule has 0 saturated heterocycles. The highest BCUT2D eigenvalue weighted by molar-refractivity contribution is 6.23. The van der Waals surface area contributed by atoms with E-state index in [1.54, 1.807) is 0 Å². The smallest absolute Gasteiger partial charge is 0.160 e. The van der Waals surface area contributed by atoms with Crippen molar-refractivity contribution in [3.63, 3.8) is 0 Å². The Kier molecular flexibility index (Phi) is 7.17. The lowest BCUT2D eigenvalue weighted by molar-refractivity contribution is 0.669. The summed E-state index contributed by atoms with van der Waals surface area (Å²) in [7, 11) is 0. The minimum atomic E-state index is 0.881. The molecule has 0 radical (unpaired) electrons. The van der Waals surface area contributed by atoms with Gasteiger partial charge in [0.25, 0.3) is 0 Å². The van der Waals surface area contributed by atoms with Crippen molar-refractivity contribution in [3.05, 3.63) is 206 Å². The number of rotatable bonds is 6. The zero-order chi connectivity index (χ0) is 36.3. The van der Waals surface area contributed by atoms with Crippen molar-refractivity contribution in [3.8, 4) is 27.9 Å². The number of hydrogen-bond acceptors (Lipinski definition) is 2. The zero-order valence-corrected chi connectivity index (χ0v) is 29.9. The molecule has 3 nitrogen and oxygen atoms in total. The molecule has 0 aliphatic rings. The van der Waals surface area contributed by atoms with Crippen molar-refractivity contribution in [2.75, 3.05) is 4.90 Å². The van der Waals surface area contributed by atoms with E-state index in [2.05, 4.69) is 210 Å². The van der Waals surface area contributed by atoms with Crippen LogP contribution in [0.25, 0.3) is 82.5 Å². The molecule has 2 aromatic heterocycles. The van der Waals surface area contributed by atoms with Crippen LogP contribution in [0.4, 0.5) is 17.1 Å². The Morgan fingerprint density at radius 1 is 0.382 bits per heavy atom. The van der Waals surface area contributed by atoms with E-state index < -0.39 is 0 Å². The van der Waals surface area contributed by atoms with Crippen molar-refractivity contribution in [1.29, 1.82) is 0 Å². The quantitative estimate of drug-likeness (QED) is 0.172. The highest BCUT2D eigenvalue weighted by atomic mass is 16.3. The summed E-state index contributed by atoms with van der Waals surface area (Å²) >= 11 is 0. The number of fused-ring (bicyclic) bond motifs is 8. The summed E-state index contributed by atoms with van der Waals surface area (Å²) in [4.78, 5) is 2.31. The van der Waals surface area contributed by atoms with Crippen LogP contribution in [0.3, 0.4) is 0 Å². The zero-order valence-electron chi connectivity index (χ0n) is 29.9. The molecule has 0 amide bonds. The van der Waals surface area contributed by atoms with Crippen LogP contribution < -0.4 is 4.90 Å². The van der Waals surface area contributed by atoms with Crippen LogP contribution in [0.1, 0.15) is 0 Å². The number of furan rings is 1. The molecule has 11 rings (SSSR count). The predicted molar refractivity (Wildman–Crippen MR) is 231 cm³/mol. The number of benzene rings is 9. The van der Waals surface area contributed by atoms with Crippen molar-refractivity contribution >= 4 is 71.6 Å². The standard InChI is InChI=1S/C52H34N2O/c1-3-14-40(15-4-1)53(49-34-39-13-7-8-18-43(39)51-45-20-10-12-22-50(45)55-52(49)51)42-30-27-36(28-31-42)35-23-25-37(26-24-35)38-29-32-48-46(33-38)44-19-9-11-21-47(44)54(48)41-16-5-2-6-17-41/h1-34H. The first-order valence-corrected chi connectivity index (χ1v) is 18.8. The maximum atomic E-state index is 6.68. The monoisotopic (exact) mass is 702 g/mol. The van der Waals surface area contributed by atoms with E-state index in [0.29, 0.717) is 0 Å². The minimum absolute atomic E-state index is 0.881. The summed E-state index contributed by atoms with van der Waals surface area (Å²) in [6, 6.07) is 73.7. The fraction of sp³-hybridized carbons (Fsp3) is 0. The van der Waals surface area contributed by atoms with Crippen molar-refractivity contribution in [1.82, 2.24) is 4.57 Å². The second-order valence-corrected chi connectivity index (χ2v) is 14.1. The van der Waals surface area contributed by atoms with Gasteiger partial charge in [0, 0.05) is 38.6 Å².